The second-order valence-electron chi connectivity index (χ2n) is 2.80. The summed E-state index contributed by atoms with van der Waals surface area (Å²) in [6.07, 6.45) is 0. The number of esters is 1. The van der Waals surface area contributed by atoms with Gasteiger partial charge in [0.25, 0.3) is 0 Å². The van der Waals surface area contributed by atoms with Crippen LogP contribution in [0.15, 0.2) is 12.1 Å². The molecule has 0 aliphatic rings. The van der Waals surface area contributed by atoms with Gasteiger partial charge in [-0.1, -0.05) is 11.6 Å². The molecule has 1 aromatic rings. The average molecular weight is 210 g/mol. The summed E-state index contributed by atoms with van der Waals surface area (Å²) in [4.78, 5) is 10.8. The first kappa shape index (κ1) is 10.6. The molecule has 0 N–H and O–H groups in total. The van der Waals surface area contributed by atoms with Crippen LogP contribution in [0.5, 0.6) is 5.75 Å². The Morgan fingerprint density at radius 1 is 1.57 bits per heavy atom. The summed E-state index contributed by atoms with van der Waals surface area (Å²) < 4.78 is 4.90. The molecular weight excluding hydrogens is 202 g/mol. The van der Waals surface area contributed by atoms with E-state index in [1.807, 2.05) is 6.07 Å². The summed E-state index contributed by atoms with van der Waals surface area (Å²) in [6.45, 7) is 3.01. The van der Waals surface area contributed by atoms with Gasteiger partial charge in [-0.3, -0.25) is 4.79 Å². The van der Waals surface area contributed by atoms with Crippen LogP contribution in [-0.2, 0) is 4.79 Å². The molecule has 0 unspecified atom stereocenters. The second-order valence-corrected chi connectivity index (χ2v) is 3.24. The predicted octanol–water partition coefficient (Wildman–Crippen LogP) is 2.45. The van der Waals surface area contributed by atoms with Crippen molar-refractivity contribution in [1.29, 1.82) is 5.26 Å². The number of ether oxygens (including phenoxy) is 1. The summed E-state index contributed by atoms with van der Waals surface area (Å²) >= 11 is 5.75. The number of aryl methyl sites for hydroxylation is 1. The fourth-order valence-electron chi connectivity index (χ4n) is 1.09. The summed E-state index contributed by atoms with van der Waals surface area (Å²) in [5, 5.41) is 9.23. The number of carbonyl (C=O) groups is 1. The normalized spacial score (nSPS) is 9.29. The lowest BCUT2D eigenvalue weighted by atomic mass is 10.1. The van der Waals surface area contributed by atoms with Crippen LogP contribution in [0, 0.1) is 18.3 Å². The SMILES string of the molecule is CC(=O)Oc1c(C)cc(Cl)cc1C#N. The van der Waals surface area contributed by atoms with Gasteiger partial charge in [0.15, 0.2) is 5.75 Å². The summed E-state index contributed by atoms with van der Waals surface area (Å²) in [6, 6.07) is 5.03. The number of nitrogens with zero attached hydrogens (tertiary/aromatic N) is 1. The highest BCUT2D eigenvalue weighted by molar-refractivity contribution is 6.30. The van der Waals surface area contributed by atoms with E-state index in [0.29, 0.717) is 10.6 Å². The zero-order valence-electron chi connectivity index (χ0n) is 7.80. The Morgan fingerprint density at radius 2 is 2.21 bits per heavy atom. The van der Waals surface area contributed by atoms with Crippen LogP contribution in [-0.4, -0.2) is 5.97 Å². The van der Waals surface area contributed by atoms with E-state index in [2.05, 4.69) is 0 Å². The van der Waals surface area contributed by atoms with Gasteiger partial charge < -0.3 is 4.74 Å². The molecule has 0 bridgehead atoms. The molecular formula is C10H8ClNO2. The highest BCUT2D eigenvalue weighted by Crippen LogP contribution is 2.27. The lowest BCUT2D eigenvalue weighted by Gasteiger charge is -2.07. The molecule has 0 aliphatic carbocycles. The number of carbonyl (C=O) groups excluding carboxylic acids is 1. The van der Waals surface area contributed by atoms with Gasteiger partial charge in [-0.05, 0) is 24.6 Å². The third kappa shape index (κ3) is 2.24. The van der Waals surface area contributed by atoms with Crippen molar-refractivity contribution in [3.05, 3.63) is 28.3 Å². The zero-order valence-corrected chi connectivity index (χ0v) is 8.55. The maximum absolute atomic E-state index is 10.8. The molecule has 0 atom stereocenters. The Kier molecular flexibility index (Phi) is 3.10. The topological polar surface area (TPSA) is 50.1 Å². The number of benzene rings is 1. The maximum atomic E-state index is 10.8. The molecule has 1 rings (SSSR count). The molecule has 0 saturated heterocycles. The van der Waals surface area contributed by atoms with Gasteiger partial charge >= 0.3 is 5.97 Å². The van der Waals surface area contributed by atoms with Crippen molar-refractivity contribution in [2.45, 2.75) is 13.8 Å². The minimum atomic E-state index is -0.452. The van der Waals surface area contributed by atoms with E-state index in [-0.39, 0.29) is 11.3 Å². The van der Waals surface area contributed by atoms with E-state index in [0.717, 1.165) is 0 Å². The average Bonchev–Trinajstić information content (AvgIpc) is 2.08. The Bertz CT molecular complexity index is 421. The first-order valence-electron chi connectivity index (χ1n) is 3.93. The summed E-state index contributed by atoms with van der Waals surface area (Å²) in [5.41, 5.74) is 0.939. The van der Waals surface area contributed by atoms with Gasteiger partial charge in [-0.2, -0.15) is 5.26 Å². The molecule has 0 spiro atoms. The van der Waals surface area contributed by atoms with E-state index in [4.69, 9.17) is 21.6 Å². The van der Waals surface area contributed by atoms with E-state index in [9.17, 15) is 4.79 Å². The van der Waals surface area contributed by atoms with Crippen molar-refractivity contribution < 1.29 is 9.53 Å². The van der Waals surface area contributed by atoms with Crippen molar-refractivity contribution in [1.82, 2.24) is 0 Å². The molecule has 0 aromatic heterocycles. The second kappa shape index (κ2) is 4.12. The van der Waals surface area contributed by atoms with Crippen molar-refractivity contribution in [2.75, 3.05) is 0 Å². The fraction of sp³-hybridized carbons (Fsp3) is 0.200. The molecule has 0 radical (unpaired) electrons. The van der Waals surface area contributed by atoms with Gasteiger partial charge in [-0.15, -0.1) is 0 Å². The molecule has 72 valence electrons. The fourth-order valence-corrected chi connectivity index (χ4v) is 1.36. The Hall–Kier alpha value is -1.53. The smallest absolute Gasteiger partial charge is 0.308 e. The standard InChI is InChI=1S/C10H8ClNO2/c1-6-3-9(11)4-8(5-12)10(6)14-7(2)13/h3-4H,1-2H3. The molecule has 0 amide bonds. The summed E-state index contributed by atoms with van der Waals surface area (Å²) in [7, 11) is 0. The lowest BCUT2D eigenvalue weighted by Crippen LogP contribution is -2.04. The third-order valence-corrected chi connectivity index (χ3v) is 1.82. The van der Waals surface area contributed by atoms with Gasteiger partial charge in [0, 0.05) is 11.9 Å². The first-order chi connectivity index (χ1) is 6.54. The van der Waals surface area contributed by atoms with Crippen molar-refractivity contribution in [3.8, 4) is 11.8 Å². The van der Waals surface area contributed by atoms with Crippen molar-refractivity contribution in [3.63, 3.8) is 0 Å². The van der Waals surface area contributed by atoms with Crippen LogP contribution in [0.25, 0.3) is 0 Å². The largest absolute Gasteiger partial charge is 0.425 e. The molecule has 0 fully saturated rings. The van der Waals surface area contributed by atoms with Crippen LogP contribution in [0.4, 0.5) is 0 Å². The molecule has 1 aromatic carbocycles. The number of hydrogen-bond donors (Lipinski definition) is 0. The predicted molar refractivity (Wildman–Crippen MR) is 52.2 cm³/mol. The quantitative estimate of drug-likeness (QED) is 0.527. The Morgan fingerprint density at radius 3 is 2.71 bits per heavy atom. The molecule has 0 saturated carbocycles. The molecule has 0 aliphatic heterocycles. The monoisotopic (exact) mass is 209 g/mol. The van der Waals surface area contributed by atoms with Crippen LogP contribution >= 0.6 is 11.6 Å². The maximum Gasteiger partial charge on any atom is 0.308 e. The van der Waals surface area contributed by atoms with Gasteiger partial charge in [0.2, 0.25) is 0 Å². The van der Waals surface area contributed by atoms with E-state index >= 15 is 0 Å². The number of rotatable bonds is 1. The van der Waals surface area contributed by atoms with Gasteiger partial charge in [0.05, 0.1) is 5.56 Å². The third-order valence-electron chi connectivity index (χ3n) is 1.61. The van der Waals surface area contributed by atoms with Crippen molar-refractivity contribution in [2.24, 2.45) is 0 Å². The molecule has 4 heteroatoms. The van der Waals surface area contributed by atoms with E-state index < -0.39 is 5.97 Å². The minimum Gasteiger partial charge on any atom is -0.425 e. The van der Waals surface area contributed by atoms with E-state index in [1.54, 1.807) is 13.0 Å². The van der Waals surface area contributed by atoms with Crippen LogP contribution in [0.3, 0.4) is 0 Å². The Balaban J connectivity index is 3.27. The Labute approximate surface area is 86.9 Å². The number of halogens is 1. The zero-order chi connectivity index (χ0) is 10.7. The van der Waals surface area contributed by atoms with Crippen LogP contribution in [0.2, 0.25) is 5.02 Å². The highest BCUT2D eigenvalue weighted by atomic mass is 35.5. The number of nitriles is 1. The van der Waals surface area contributed by atoms with E-state index in [1.165, 1.54) is 13.0 Å². The minimum absolute atomic E-state index is 0.269. The first-order valence-corrected chi connectivity index (χ1v) is 4.31. The number of hydrogen-bond acceptors (Lipinski definition) is 3. The molecule has 3 nitrogen and oxygen atoms in total. The lowest BCUT2D eigenvalue weighted by molar-refractivity contribution is -0.131. The van der Waals surface area contributed by atoms with Gasteiger partial charge in [0.1, 0.15) is 6.07 Å². The highest BCUT2D eigenvalue weighted by Gasteiger charge is 2.10. The van der Waals surface area contributed by atoms with Crippen LogP contribution < -0.4 is 4.74 Å². The van der Waals surface area contributed by atoms with Crippen LogP contribution in [0.1, 0.15) is 18.1 Å². The summed E-state index contributed by atoms with van der Waals surface area (Å²) in [5.74, 6) is -0.170. The van der Waals surface area contributed by atoms with Crippen molar-refractivity contribution >= 4 is 17.6 Å². The molecule has 0 heterocycles. The van der Waals surface area contributed by atoms with Gasteiger partial charge in [-0.25, -0.2) is 0 Å². The molecule has 14 heavy (non-hydrogen) atoms.